The molecule has 0 atom stereocenters. The molecule has 0 aliphatic rings. The van der Waals surface area contributed by atoms with E-state index in [4.69, 9.17) is 0 Å². The second-order valence-electron chi connectivity index (χ2n) is 5.75. The number of para-hydroxylation sites is 1. The van der Waals surface area contributed by atoms with E-state index in [1.165, 1.54) is 11.1 Å². The van der Waals surface area contributed by atoms with Gasteiger partial charge in [-0.05, 0) is 50.2 Å². The lowest BCUT2D eigenvalue weighted by Crippen LogP contribution is -2.33. The minimum absolute atomic E-state index is 0. The summed E-state index contributed by atoms with van der Waals surface area (Å²) < 4.78 is 0. The Morgan fingerprint density at radius 3 is 2.32 bits per heavy atom. The number of benzene rings is 2. The van der Waals surface area contributed by atoms with E-state index in [0.29, 0.717) is 12.1 Å². The Bertz CT molecular complexity index is 692. The van der Waals surface area contributed by atoms with Crippen LogP contribution >= 0.6 is 24.8 Å². The third kappa shape index (κ3) is 5.92. The Kier molecular flexibility index (Phi) is 10.2. The van der Waals surface area contributed by atoms with Crippen LogP contribution in [-0.4, -0.2) is 38.0 Å². The van der Waals surface area contributed by atoms with E-state index in [-0.39, 0.29) is 30.7 Å². The number of halogens is 2. The molecule has 0 radical (unpaired) electrons. The monoisotopic (exact) mass is 383 g/mol. The van der Waals surface area contributed by atoms with Gasteiger partial charge in [-0.25, -0.2) is 0 Å². The molecule has 4 nitrogen and oxygen atoms in total. The summed E-state index contributed by atoms with van der Waals surface area (Å²) in [7, 11) is 3.71. The van der Waals surface area contributed by atoms with Crippen molar-refractivity contribution in [3.63, 3.8) is 0 Å². The van der Waals surface area contributed by atoms with Crippen molar-refractivity contribution >= 4 is 42.1 Å². The lowest BCUT2D eigenvalue weighted by Gasteiger charge is -2.20. The predicted molar refractivity (Wildman–Crippen MR) is 111 cm³/mol. The van der Waals surface area contributed by atoms with Crippen LogP contribution in [0, 0.1) is 13.8 Å². The fourth-order valence-electron chi connectivity index (χ4n) is 2.40. The molecule has 2 aromatic carbocycles. The molecule has 0 spiro atoms. The van der Waals surface area contributed by atoms with Crippen LogP contribution in [0.1, 0.15) is 21.5 Å². The van der Waals surface area contributed by atoms with E-state index in [0.717, 1.165) is 17.9 Å². The molecule has 0 aliphatic carbocycles. The summed E-state index contributed by atoms with van der Waals surface area (Å²) in [6.45, 7) is 5.62. The van der Waals surface area contributed by atoms with Gasteiger partial charge < -0.3 is 15.5 Å². The van der Waals surface area contributed by atoms with Crippen molar-refractivity contribution in [1.29, 1.82) is 0 Å². The van der Waals surface area contributed by atoms with E-state index in [1.54, 1.807) is 4.90 Å². The molecule has 0 aliphatic heterocycles. The van der Waals surface area contributed by atoms with Crippen LogP contribution in [0.5, 0.6) is 0 Å². The van der Waals surface area contributed by atoms with E-state index >= 15 is 0 Å². The largest absolute Gasteiger partial charge is 0.355 e. The van der Waals surface area contributed by atoms with Crippen molar-refractivity contribution in [1.82, 2.24) is 10.2 Å². The number of likely N-dealkylation sites (N-methyl/N-ethyl adjacent to an activating group) is 2. The molecule has 0 unspecified atom stereocenters. The normalized spacial score (nSPS) is 9.60. The van der Waals surface area contributed by atoms with E-state index in [9.17, 15) is 4.79 Å². The van der Waals surface area contributed by atoms with Gasteiger partial charge >= 0.3 is 0 Å². The molecule has 2 aromatic rings. The summed E-state index contributed by atoms with van der Waals surface area (Å²) in [5, 5.41) is 6.47. The third-order valence-electron chi connectivity index (χ3n) is 4.08. The van der Waals surface area contributed by atoms with Gasteiger partial charge in [-0.1, -0.05) is 24.3 Å². The summed E-state index contributed by atoms with van der Waals surface area (Å²) in [5.41, 5.74) is 4.97. The van der Waals surface area contributed by atoms with Gasteiger partial charge in [0.2, 0.25) is 0 Å². The zero-order valence-corrected chi connectivity index (χ0v) is 16.8. The SMILES string of the molecule is CNCCN(C)C(=O)c1ccccc1Nc1cccc(C)c1C.Cl.Cl. The number of amides is 1. The molecular weight excluding hydrogens is 357 g/mol. The number of nitrogens with one attached hydrogen (secondary N) is 2. The van der Waals surface area contributed by atoms with E-state index in [1.807, 2.05) is 50.5 Å². The minimum atomic E-state index is 0. The Hall–Kier alpha value is -1.75. The van der Waals surface area contributed by atoms with Crippen LogP contribution in [0.4, 0.5) is 11.4 Å². The molecular formula is C19H27Cl2N3O. The van der Waals surface area contributed by atoms with Gasteiger partial charge in [0.1, 0.15) is 0 Å². The molecule has 0 bridgehead atoms. The maximum atomic E-state index is 12.7. The second-order valence-corrected chi connectivity index (χ2v) is 5.75. The van der Waals surface area contributed by atoms with Crippen molar-refractivity contribution in [3.8, 4) is 0 Å². The number of anilines is 2. The first-order valence-corrected chi connectivity index (χ1v) is 7.87. The van der Waals surface area contributed by atoms with Crippen molar-refractivity contribution in [3.05, 3.63) is 59.2 Å². The van der Waals surface area contributed by atoms with E-state index in [2.05, 4.69) is 30.5 Å². The topological polar surface area (TPSA) is 44.4 Å². The Morgan fingerprint density at radius 2 is 1.64 bits per heavy atom. The van der Waals surface area contributed by atoms with Crippen LogP contribution in [-0.2, 0) is 0 Å². The van der Waals surface area contributed by atoms with Gasteiger partial charge in [0.15, 0.2) is 0 Å². The summed E-state index contributed by atoms with van der Waals surface area (Å²) >= 11 is 0. The number of rotatable bonds is 6. The van der Waals surface area contributed by atoms with Gasteiger partial charge in [0, 0.05) is 25.8 Å². The third-order valence-corrected chi connectivity index (χ3v) is 4.08. The molecule has 0 fully saturated rings. The number of carbonyl (C=O) groups excluding carboxylic acids is 1. The van der Waals surface area contributed by atoms with Crippen LogP contribution in [0.2, 0.25) is 0 Å². The molecule has 1 amide bonds. The quantitative estimate of drug-likeness (QED) is 0.785. The van der Waals surface area contributed by atoms with Crippen LogP contribution in [0.3, 0.4) is 0 Å². The molecule has 0 aromatic heterocycles. The standard InChI is InChI=1S/C19H25N3O.2ClH/c1-14-8-7-11-17(15(14)2)21-18-10-6-5-9-16(18)19(23)22(4)13-12-20-3;;/h5-11,20-21H,12-13H2,1-4H3;2*1H. The van der Waals surface area contributed by atoms with Crippen molar-refractivity contribution in [2.45, 2.75) is 13.8 Å². The van der Waals surface area contributed by atoms with E-state index < -0.39 is 0 Å². The predicted octanol–water partition coefficient (Wildman–Crippen LogP) is 4.18. The van der Waals surface area contributed by atoms with Gasteiger partial charge in [-0.3, -0.25) is 4.79 Å². The zero-order valence-electron chi connectivity index (χ0n) is 15.1. The number of aryl methyl sites for hydroxylation is 1. The maximum absolute atomic E-state index is 12.7. The van der Waals surface area contributed by atoms with Crippen LogP contribution in [0.15, 0.2) is 42.5 Å². The Morgan fingerprint density at radius 1 is 1.00 bits per heavy atom. The second kappa shape index (κ2) is 11.0. The van der Waals surface area contributed by atoms with Crippen molar-refractivity contribution in [2.24, 2.45) is 0 Å². The first-order chi connectivity index (χ1) is 11.0. The van der Waals surface area contributed by atoms with Gasteiger partial charge in [0.25, 0.3) is 5.91 Å². The highest BCUT2D eigenvalue weighted by molar-refractivity contribution is 6.00. The fraction of sp³-hybridized carbons (Fsp3) is 0.316. The Labute approximate surface area is 162 Å². The average Bonchev–Trinajstić information content (AvgIpc) is 2.56. The van der Waals surface area contributed by atoms with Gasteiger partial charge in [-0.15, -0.1) is 24.8 Å². The molecule has 0 heterocycles. The molecule has 2 N–H and O–H groups in total. The highest BCUT2D eigenvalue weighted by Gasteiger charge is 2.15. The molecule has 25 heavy (non-hydrogen) atoms. The fourth-order valence-corrected chi connectivity index (χ4v) is 2.40. The smallest absolute Gasteiger partial charge is 0.255 e. The van der Waals surface area contributed by atoms with Crippen LogP contribution < -0.4 is 10.6 Å². The first-order valence-electron chi connectivity index (χ1n) is 7.87. The van der Waals surface area contributed by atoms with Gasteiger partial charge in [0.05, 0.1) is 11.3 Å². The van der Waals surface area contributed by atoms with Crippen molar-refractivity contribution in [2.75, 3.05) is 32.5 Å². The lowest BCUT2D eigenvalue weighted by molar-refractivity contribution is 0.0798. The average molecular weight is 384 g/mol. The molecule has 0 saturated heterocycles. The summed E-state index contributed by atoms with van der Waals surface area (Å²) in [5.74, 6) is 0.0219. The van der Waals surface area contributed by atoms with Crippen molar-refractivity contribution < 1.29 is 4.79 Å². The maximum Gasteiger partial charge on any atom is 0.255 e. The molecule has 138 valence electrons. The Balaban J connectivity index is 0.00000288. The number of nitrogens with zero attached hydrogens (tertiary/aromatic N) is 1. The summed E-state index contributed by atoms with van der Waals surface area (Å²) in [6.07, 6.45) is 0. The number of hydrogen-bond acceptors (Lipinski definition) is 3. The molecule has 2 rings (SSSR count). The number of carbonyl (C=O) groups is 1. The molecule has 0 saturated carbocycles. The summed E-state index contributed by atoms with van der Waals surface area (Å²) in [4.78, 5) is 14.4. The number of hydrogen-bond donors (Lipinski definition) is 2. The first kappa shape index (κ1) is 23.2. The minimum Gasteiger partial charge on any atom is -0.355 e. The zero-order chi connectivity index (χ0) is 16.8. The lowest BCUT2D eigenvalue weighted by atomic mass is 10.1. The summed E-state index contributed by atoms with van der Waals surface area (Å²) in [6, 6.07) is 13.8. The highest BCUT2D eigenvalue weighted by atomic mass is 35.5. The van der Waals surface area contributed by atoms with Gasteiger partial charge in [-0.2, -0.15) is 0 Å². The molecule has 6 heteroatoms. The van der Waals surface area contributed by atoms with Crippen LogP contribution in [0.25, 0.3) is 0 Å². The highest BCUT2D eigenvalue weighted by Crippen LogP contribution is 2.25.